The molecule has 2 heterocycles. The fraction of sp³-hybridized carbons (Fsp3) is 0.200. The number of halogens is 1. The number of nitrogens with one attached hydrogen (secondary N) is 1. The van der Waals surface area contributed by atoms with Crippen LogP contribution in [0.5, 0.6) is 0 Å². The lowest BCUT2D eigenvalue weighted by Gasteiger charge is -2.13. The summed E-state index contributed by atoms with van der Waals surface area (Å²) in [5.41, 5.74) is 4.27. The predicted molar refractivity (Wildman–Crippen MR) is 79.0 cm³/mol. The van der Waals surface area contributed by atoms with Crippen molar-refractivity contribution in [1.82, 2.24) is 5.43 Å². The summed E-state index contributed by atoms with van der Waals surface area (Å²) in [6, 6.07) is 8.55. The molecule has 0 aliphatic heterocycles. The van der Waals surface area contributed by atoms with Crippen molar-refractivity contribution < 1.29 is 8.81 Å². The minimum atomic E-state index is -0.355. The van der Waals surface area contributed by atoms with Crippen LogP contribution in [0, 0.1) is 5.82 Å². The summed E-state index contributed by atoms with van der Waals surface area (Å²) < 4.78 is 19.4. The summed E-state index contributed by atoms with van der Waals surface area (Å²) >= 11 is 1.62. The minimum Gasteiger partial charge on any atom is -0.456 e. The Morgan fingerprint density at radius 3 is 2.95 bits per heavy atom. The first kappa shape index (κ1) is 13.3. The second-order valence-electron chi connectivity index (χ2n) is 4.57. The Morgan fingerprint density at radius 2 is 2.25 bits per heavy atom. The lowest BCUT2D eigenvalue weighted by molar-refractivity contribution is 0.467. The van der Waals surface area contributed by atoms with Gasteiger partial charge in [-0.05, 0) is 35.6 Å². The van der Waals surface area contributed by atoms with Gasteiger partial charge < -0.3 is 4.42 Å². The average Bonchev–Trinajstić information content (AvgIpc) is 3.07. The topological polar surface area (TPSA) is 51.2 Å². The summed E-state index contributed by atoms with van der Waals surface area (Å²) in [6.07, 6.45) is 0.922. The molecule has 3 aromatic rings. The van der Waals surface area contributed by atoms with Crippen LogP contribution in [0.25, 0.3) is 11.0 Å². The molecule has 2 aromatic heterocycles. The highest BCUT2D eigenvalue weighted by Crippen LogP contribution is 2.33. The van der Waals surface area contributed by atoms with E-state index in [1.807, 2.05) is 17.5 Å². The Hall–Kier alpha value is -1.69. The van der Waals surface area contributed by atoms with E-state index < -0.39 is 0 Å². The molecule has 3 N–H and O–H groups in total. The molecule has 104 valence electrons. The van der Waals surface area contributed by atoms with Gasteiger partial charge in [-0.25, -0.2) is 9.82 Å². The number of rotatable bonds is 4. The normalized spacial score (nSPS) is 12.9. The van der Waals surface area contributed by atoms with E-state index in [1.54, 1.807) is 17.4 Å². The van der Waals surface area contributed by atoms with Crippen molar-refractivity contribution >= 4 is 22.3 Å². The molecule has 3 nitrogen and oxygen atoms in total. The fourth-order valence-electron chi connectivity index (χ4n) is 2.37. The van der Waals surface area contributed by atoms with Crippen LogP contribution in [0.1, 0.15) is 29.2 Å². The average molecular weight is 290 g/mol. The van der Waals surface area contributed by atoms with Gasteiger partial charge >= 0.3 is 0 Å². The van der Waals surface area contributed by atoms with Crippen molar-refractivity contribution in [3.63, 3.8) is 0 Å². The highest BCUT2D eigenvalue weighted by atomic mass is 32.1. The molecule has 1 unspecified atom stereocenters. The zero-order chi connectivity index (χ0) is 14.1. The molecule has 0 fully saturated rings. The third kappa shape index (κ3) is 2.14. The van der Waals surface area contributed by atoms with Crippen LogP contribution in [-0.4, -0.2) is 0 Å². The van der Waals surface area contributed by atoms with Crippen molar-refractivity contribution in [3.05, 3.63) is 57.7 Å². The Bertz CT molecular complexity index is 734. The highest BCUT2D eigenvalue weighted by Gasteiger charge is 2.21. The second-order valence-corrected chi connectivity index (χ2v) is 5.52. The molecule has 0 aliphatic carbocycles. The molecule has 0 aliphatic rings. The first-order chi connectivity index (χ1) is 9.74. The molecule has 3 rings (SSSR count). The predicted octanol–water partition coefficient (Wildman–Crippen LogP) is 3.75. The first-order valence-electron chi connectivity index (χ1n) is 6.45. The largest absolute Gasteiger partial charge is 0.456 e. The second kappa shape index (κ2) is 5.36. The molecule has 0 spiro atoms. The Balaban J connectivity index is 2.10. The molecule has 0 amide bonds. The molecule has 5 heteroatoms. The van der Waals surface area contributed by atoms with Gasteiger partial charge in [-0.15, -0.1) is 11.3 Å². The number of thiophene rings is 1. The Labute approximate surface area is 120 Å². The van der Waals surface area contributed by atoms with Gasteiger partial charge in [-0.3, -0.25) is 5.84 Å². The number of fused-ring (bicyclic) bond motifs is 1. The van der Waals surface area contributed by atoms with E-state index in [4.69, 9.17) is 10.3 Å². The molecule has 1 atom stereocenters. The van der Waals surface area contributed by atoms with Crippen LogP contribution in [0.15, 0.2) is 40.1 Å². The SMILES string of the molecule is CCc1ccsc1C(NN)c1cc2cccc(F)c2o1. The van der Waals surface area contributed by atoms with Crippen LogP contribution in [0.3, 0.4) is 0 Å². The van der Waals surface area contributed by atoms with Gasteiger partial charge in [-0.1, -0.05) is 19.1 Å². The van der Waals surface area contributed by atoms with Crippen LogP contribution < -0.4 is 11.3 Å². The molecule has 0 saturated heterocycles. The smallest absolute Gasteiger partial charge is 0.169 e. The standard InChI is InChI=1S/C15H15FN2OS/c1-2-9-6-7-20-15(9)13(18-17)12-8-10-4-3-5-11(16)14(10)19-12/h3-8,13,18H,2,17H2,1H3. The molecule has 0 radical (unpaired) electrons. The molecule has 20 heavy (non-hydrogen) atoms. The minimum absolute atomic E-state index is 0.253. The van der Waals surface area contributed by atoms with Crippen molar-refractivity contribution in [3.8, 4) is 0 Å². The summed E-state index contributed by atoms with van der Waals surface area (Å²) in [4.78, 5) is 1.11. The zero-order valence-electron chi connectivity index (χ0n) is 11.0. The number of hydrogen-bond donors (Lipinski definition) is 2. The van der Waals surface area contributed by atoms with E-state index in [0.29, 0.717) is 5.76 Å². The molecular weight excluding hydrogens is 275 g/mol. The Kier molecular flexibility index (Phi) is 3.56. The van der Waals surface area contributed by atoms with Gasteiger partial charge in [0, 0.05) is 10.3 Å². The third-order valence-corrected chi connectivity index (χ3v) is 4.41. The summed E-state index contributed by atoms with van der Waals surface area (Å²) in [5.74, 6) is 5.96. The zero-order valence-corrected chi connectivity index (χ0v) is 11.8. The summed E-state index contributed by atoms with van der Waals surface area (Å²) in [7, 11) is 0. The number of benzene rings is 1. The molecule has 0 bridgehead atoms. The van der Waals surface area contributed by atoms with Gasteiger partial charge in [0.05, 0.1) is 0 Å². The van der Waals surface area contributed by atoms with Crippen molar-refractivity contribution in [1.29, 1.82) is 0 Å². The summed E-state index contributed by atoms with van der Waals surface area (Å²) in [5, 5.41) is 2.77. The van der Waals surface area contributed by atoms with Crippen LogP contribution >= 0.6 is 11.3 Å². The van der Waals surface area contributed by atoms with Crippen LogP contribution in [-0.2, 0) is 6.42 Å². The van der Waals surface area contributed by atoms with E-state index in [0.717, 1.165) is 16.7 Å². The number of furan rings is 1. The molecule has 0 saturated carbocycles. The van der Waals surface area contributed by atoms with Gasteiger partial charge in [0.1, 0.15) is 11.8 Å². The number of nitrogens with two attached hydrogens (primary N) is 1. The highest BCUT2D eigenvalue weighted by molar-refractivity contribution is 7.10. The van der Waals surface area contributed by atoms with E-state index in [9.17, 15) is 4.39 Å². The van der Waals surface area contributed by atoms with Crippen LogP contribution in [0.4, 0.5) is 4.39 Å². The maximum atomic E-state index is 13.7. The number of aryl methyl sites for hydroxylation is 1. The Morgan fingerprint density at radius 1 is 1.40 bits per heavy atom. The van der Waals surface area contributed by atoms with E-state index in [2.05, 4.69) is 18.4 Å². The van der Waals surface area contributed by atoms with Gasteiger partial charge in [0.25, 0.3) is 0 Å². The fourth-order valence-corrected chi connectivity index (χ4v) is 3.43. The number of hydrazine groups is 1. The van der Waals surface area contributed by atoms with Crippen molar-refractivity contribution in [2.24, 2.45) is 5.84 Å². The number of para-hydroxylation sites is 1. The van der Waals surface area contributed by atoms with E-state index in [-0.39, 0.29) is 17.4 Å². The third-order valence-electron chi connectivity index (χ3n) is 3.39. The van der Waals surface area contributed by atoms with E-state index >= 15 is 0 Å². The van der Waals surface area contributed by atoms with Crippen LogP contribution in [0.2, 0.25) is 0 Å². The van der Waals surface area contributed by atoms with Gasteiger partial charge in [-0.2, -0.15) is 0 Å². The maximum absolute atomic E-state index is 13.7. The van der Waals surface area contributed by atoms with Gasteiger partial charge in [0.15, 0.2) is 11.4 Å². The number of hydrogen-bond acceptors (Lipinski definition) is 4. The molecule has 1 aromatic carbocycles. The van der Waals surface area contributed by atoms with Crippen molar-refractivity contribution in [2.75, 3.05) is 0 Å². The van der Waals surface area contributed by atoms with Gasteiger partial charge in [0.2, 0.25) is 0 Å². The lowest BCUT2D eigenvalue weighted by atomic mass is 10.1. The monoisotopic (exact) mass is 290 g/mol. The van der Waals surface area contributed by atoms with E-state index in [1.165, 1.54) is 11.6 Å². The quantitative estimate of drug-likeness (QED) is 0.568. The molecular formula is C15H15FN2OS. The maximum Gasteiger partial charge on any atom is 0.169 e. The summed E-state index contributed by atoms with van der Waals surface area (Å²) in [6.45, 7) is 2.09. The first-order valence-corrected chi connectivity index (χ1v) is 7.33. The van der Waals surface area contributed by atoms with Crippen molar-refractivity contribution in [2.45, 2.75) is 19.4 Å². The lowest BCUT2D eigenvalue weighted by Crippen LogP contribution is -2.28.